The highest BCUT2D eigenvalue weighted by molar-refractivity contribution is 5.95. The summed E-state index contributed by atoms with van der Waals surface area (Å²) < 4.78 is 13.2. The van der Waals surface area contributed by atoms with Gasteiger partial charge in [-0.1, -0.05) is 60.7 Å². The lowest BCUT2D eigenvalue weighted by Crippen LogP contribution is -2.32. The topological polar surface area (TPSA) is 49.4 Å². The van der Waals surface area contributed by atoms with Gasteiger partial charge in [0.15, 0.2) is 0 Å². The molecule has 0 aliphatic carbocycles. The van der Waals surface area contributed by atoms with Crippen LogP contribution >= 0.6 is 0 Å². The molecule has 1 aliphatic rings. The van der Waals surface area contributed by atoms with Crippen molar-refractivity contribution in [2.45, 2.75) is 18.8 Å². The first-order valence-electron chi connectivity index (χ1n) is 10.5. The second kappa shape index (κ2) is 9.56. The van der Waals surface area contributed by atoms with Gasteiger partial charge in [-0.3, -0.25) is 9.59 Å². The second-order valence-corrected chi connectivity index (χ2v) is 7.93. The van der Waals surface area contributed by atoms with Crippen LogP contribution in [0.4, 0.5) is 10.1 Å². The minimum atomic E-state index is -0.328. The Labute approximate surface area is 181 Å². The Bertz CT molecular complexity index is 983. The van der Waals surface area contributed by atoms with Gasteiger partial charge in [-0.15, -0.1) is 0 Å². The van der Waals surface area contributed by atoms with Gasteiger partial charge >= 0.3 is 0 Å². The van der Waals surface area contributed by atoms with Crippen LogP contribution < -0.4 is 10.2 Å². The molecule has 4 nitrogen and oxygen atoms in total. The summed E-state index contributed by atoms with van der Waals surface area (Å²) >= 11 is 0. The standard InChI is InChI=1S/C26H25FN2O2/c27-22-11-13-23(14-12-22)29-18-19(15-26(29)31)17-28-25(30)16-24(20-7-3-1-4-8-20)21-9-5-2-6-10-21/h1-14,19,24H,15-18H2,(H,28,30). The van der Waals surface area contributed by atoms with Crippen LogP contribution in [-0.4, -0.2) is 24.9 Å². The maximum atomic E-state index is 13.2. The van der Waals surface area contributed by atoms with Gasteiger partial charge in [0.2, 0.25) is 11.8 Å². The number of benzene rings is 3. The first kappa shape index (κ1) is 20.8. The van der Waals surface area contributed by atoms with Crippen molar-refractivity contribution in [3.8, 4) is 0 Å². The molecule has 3 aromatic rings. The molecule has 4 rings (SSSR count). The zero-order valence-electron chi connectivity index (χ0n) is 17.2. The zero-order valence-corrected chi connectivity index (χ0v) is 17.2. The number of hydrogen-bond donors (Lipinski definition) is 1. The fourth-order valence-electron chi connectivity index (χ4n) is 4.10. The molecule has 158 valence electrons. The van der Waals surface area contributed by atoms with Crippen LogP contribution in [0.3, 0.4) is 0 Å². The first-order valence-corrected chi connectivity index (χ1v) is 10.5. The normalized spacial score (nSPS) is 16.0. The molecular weight excluding hydrogens is 391 g/mol. The van der Waals surface area contributed by atoms with E-state index >= 15 is 0 Å². The minimum absolute atomic E-state index is 0.00250. The van der Waals surface area contributed by atoms with Crippen molar-refractivity contribution in [1.82, 2.24) is 5.32 Å². The Morgan fingerprint density at radius 3 is 2.10 bits per heavy atom. The van der Waals surface area contributed by atoms with E-state index in [0.717, 1.165) is 11.1 Å². The smallest absolute Gasteiger partial charge is 0.227 e. The molecule has 1 fully saturated rings. The summed E-state index contributed by atoms with van der Waals surface area (Å²) in [5.41, 5.74) is 2.89. The van der Waals surface area contributed by atoms with E-state index in [1.807, 2.05) is 60.7 Å². The van der Waals surface area contributed by atoms with Crippen LogP contribution in [0.5, 0.6) is 0 Å². The highest BCUT2D eigenvalue weighted by Crippen LogP contribution is 2.28. The SMILES string of the molecule is O=C(CC(c1ccccc1)c1ccccc1)NCC1CC(=O)N(c2ccc(F)cc2)C1. The van der Waals surface area contributed by atoms with Crippen LogP contribution in [0, 0.1) is 11.7 Å². The van der Waals surface area contributed by atoms with Gasteiger partial charge in [0.25, 0.3) is 0 Å². The van der Waals surface area contributed by atoms with Crippen molar-refractivity contribution in [3.63, 3.8) is 0 Å². The van der Waals surface area contributed by atoms with E-state index in [1.165, 1.54) is 12.1 Å². The average molecular weight is 416 g/mol. The Morgan fingerprint density at radius 2 is 1.52 bits per heavy atom. The third-order valence-electron chi connectivity index (χ3n) is 5.72. The van der Waals surface area contributed by atoms with Crippen LogP contribution in [0.2, 0.25) is 0 Å². The fraction of sp³-hybridized carbons (Fsp3) is 0.231. The molecule has 1 N–H and O–H groups in total. The molecule has 1 saturated heterocycles. The van der Waals surface area contributed by atoms with E-state index in [-0.39, 0.29) is 29.5 Å². The van der Waals surface area contributed by atoms with Gasteiger partial charge in [0.05, 0.1) is 0 Å². The molecular formula is C26H25FN2O2. The van der Waals surface area contributed by atoms with Crippen LogP contribution in [0.1, 0.15) is 29.9 Å². The average Bonchev–Trinajstić information content (AvgIpc) is 3.18. The molecule has 1 unspecified atom stereocenters. The largest absolute Gasteiger partial charge is 0.356 e. The predicted octanol–water partition coefficient (Wildman–Crippen LogP) is 4.52. The van der Waals surface area contributed by atoms with Crippen molar-refractivity contribution in [2.75, 3.05) is 18.0 Å². The molecule has 3 aromatic carbocycles. The van der Waals surface area contributed by atoms with Gasteiger partial charge in [0, 0.05) is 43.5 Å². The number of anilines is 1. The number of nitrogens with zero attached hydrogens (tertiary/aromatic N) is 1. The van der Waals surface area contributed by atoms with Gasteiger partial charge < -0.3 is 10.2 Å². The molecule has 5 heteroatoms. The van der Waals surface area contributed by atoms with Crippen molar-refractivity contribution in [2.24, 2.45) is 5.92 Å². The highest BCUT2D eigenvalue weighted by Gasteiger charge is 2.31. The molecule has 0 spiro atoms. The third-order valence-corrected chi connectivity index (χ3v) is 5.72. The van der Waals surface area contributed by atoms with Crippen molar-refractivity contribution < 1.29 is 14.0 Å². The van der Waals surface area contributed by atoms with Gasteiger partial charge in [0.1, 0.15) is 5.82 Å². The summed E-state index contributed by atoms with van der Waals surface area (Å²) in [5.74, 6) is -0.356. The number of amides is 2. The molecule has 2 amide bonds. The van der Waals surface area contributed by atoms with Crippen molar-refractivity contribution >= 4 is 17.5 Å². The van der Waals surface area contributed by atoms with Crippen molar-refractivity contribution in [3.05, 3.63) is 102 Å². The number of nitrogens with one attached hydrogen (secondary N) is 1. The van der Waals surface area contributed by atoms with E-state index in [2.05, 4.69) is 5.32 Å². The van der Waals surface area contributed by atoms with Crippen molar-refractivity contribution in [1.29, 1.82) is 0 Å². The van der Waals surface area contributed by atoms with Gasteiger partial charge in [-0.25, -0.2) is 4.39 Å². The molecule has 0 radical (unpaired) electrons. The van der Waals surface area contributed by atoms with Crippen LogP contribution in [0.15, 0.2) is 84.9 Å². The lowest BCUT2D eigenvalue weighted by Gasteiger charge is -2.19. The molecule has 0 saturated carbocycles. The number of halogens is 1. The maximum Gasteiger partial charge on any atom is 0.227 e. The molecule has 1 heterocycles. The molecule has 31 heavy (non-hydrogen) atoms. The first-order chi connectivity index (χ1) is 15.1. The lowest BCUT2D eigenvalue weighted by atomic mass is 9.88. The summed E-state index contributed by atoms with van der Waals surface area (Å²) in [5, 5.41) is 3.02. The van der Waals surface area contributed by atoms with E-state index in [0.29, 0.717) is 31.6 Å². The lowest BCUT2D eigenvalue weighted by molar-refractivity contribution is -0.122. The third kappa shape index (κ3) is 5.18. The zero-order chi connectivity index (χ0) is 21.6. The number of hydrogen-bond acceptors (Lipinski definition) is 2. The maximum absolute atomic E-state index is 13.2. The molecule has 0 aromatic heterocycles. The summed E-state index contributed by atoms with van der Waals surface area (Å²) in [6.45, 7) is 0.962. The summed E-state index contributed by atoms with van der Waals surface area (Å²) in [4.78, 5) is 26.8. The van der Waals surface area contributed by atoms with Gasteiger partial charge in [-0.05, 0) is 35.4 Å². The summed E-state index contributed by atoms with van der Waals surface area (Å²) in [7, 11) is 0. The molecule has 1 atom stereocenters. The predicted molar refractivity (Wildman–Crippen MR) is 119 cm³/mol. The quantitative estimate of drug-likeness (QED) is 0.616. The number of carbonyl (C=O) groups is 2. The fourth-order valence-corrected chi connectivity index (χ4v) is 4.10. The Hall–Kier alpha value is -3.47. The Balaban J connectivity index is 1.37. The number of rotatable bonds is 7. The van der Waals surface area contributed by atoms with E-state index in [4.69, 9.17) is 0 Å². The van der Waals surface area contributed by atoms with Gasteiger partial charge in [-0.2, -0.15) is 0 Å². The highest BCUT2D eigenvalue weighted by atomic mass is 19.1. The summed E-state index contributed by atoms with van der Waals surface area (Å²) in [6.07, 6.45) is 0.717. The van der Waals surface area contributed by atoms with E-state index in [9.17, 15) is 14.0 Å². The molecule has 1 aliphatic heterocycles. The monoisotopic (exact) mass is 416 g/mol. The minimum Gasteiger partial charge on any atom is -0.356 e. The molecule has 0 bridgehead atoms. The Kier molecular flexibility index (Phi) is 6.41. The van der Waals surface area contributed by atoms with Crippen LogP contribution in [0.25, 0.3) is 0 Å². The Morgan fingerprint density at radius 1 is 0.935 bits per heavy atom. The van der Waals surface area contributed by atoms with E-state index < -0.39 is 0 Å². The summed E-state index contributed by atoms with van der Waals surface area (Å²) in [6, 6.07) is 26.0. The second-order valence-electron chi connectivity index (χ2n) is 7.93. The van der Waals surface area contributed by atoms with Crippen LogP contribution in [-0.2, 0) is 9.59 Å². The van der Waals surface area contributed by atoms with E-state index in [1.54, 1.807) is 17.0 Å². The number of carbonyl (C=O) groups excluding carboxylic acids is 2.